The first-order valence-corrected chi connectivity index (χ1v) is 9.98. The largest absolute Gasteiger partial charge is 0.384 e. The Morgan fingerprint density at radius 3 is 1.65 bits per heavy atom. The lowest BCUT2D eigenvalue weighted by Gasteiger charge is -1.94. The number of para-hydroxylation sites is 1. The van der Waals surface area contributed by atoms with Crippen LogP contribution in [0.3, 0.4) is 0 Å². The number of carbonyl (C=O) groups excluding carboxylic acids is 1. The van der Waals surface area contributed by atoms with Crippen LogP contribution < -0.4 is 5.32 Å². The first-order valence-electron chi connectivity index (χ1n) is 8.09. The Morgan fingerprint density at radius 2 is 1.27 bits per heavy atom. The number of hydrogen-bond acceptors (Lipinski definition) is 4. The van der Waals surface area contributed by atoms with Gasteiger partial charge in [-0.2, -0.15) is 22.7 Å². The molecule has 5 rings (SSSR count). The lowest BCUT2D eigenvalue weighted by molar-refractivity contribution is -0.0979. The van der Waals surface area contributed by atoms with Crippen molar-refractivity contribution in [3.05, 3.63) is 100 Å². The summed E-state index contributed by atoms with van der Waals surface area (Å²) in [6, 6.07) is 20.4. The molecule has 1 aliphatic rings. The van der Waals surface area contributed by atoms with Crippen molar-refractivity contribution in [2.24, 2.45) is 0 Å². The number of nitrogens with one attached hydrogen (secondary N) is 2. The fourth-order valence-electron chi connectivity index (χ4n) is 1.97. The number of aromatic amines is 1. The van der Waals surface area contributed by atoms with Crippen LogP contribution >= 0.6 is 22.7 Å². The molecule has 3 nitrogen and oxygen atoms in total. The van der Waals surface area contributed by atoms with Gasteiger partial charge in [0.15, 0.2) is 0 Å². The fourth-order valence-corrected chi connectivity index (χ4v) is 2.88. The number of benzene rings is 1. The number of rotatable bonds is 0. The zero-order valence-electron chi connectivity index (χ0n) is 14.6. The third-order valence-electron chi connectivity index (χ3n) is 3.07. The molecule has 0 radical (unpaired) electrons. The molecule has 0 fully saturated rings. The zero-order chi connectivity index (χ0) is 18.7. The summed E-state index contributed by atoms with van der Waals surface area (Å²) < 4.78 is 0. The molecule has 0 saturated carbocycles. The van der Waals surface area contributed by atoms with E-state index in [1.807, 2.05) is 77.1 Å². The van der Waals surface area contributed by atoms with Crippen LogP contribution in [0.5, 0.6) is 0 Å². The molecule has 1 aliphatic heterocycles. The number of carbonyl (C=O) groups is 1. The second-order valence-corrected chi connectivity index (χ2v) is 6.44. The number of aromatic nitrogens is 1. The van der Waals surface area contributed by atoms with Gasteiger partial charge in [-0.25, -0.2) is 0 Å². The summed E-state index contributed by atoms with van der Waals surface area (Å²) in [5.74, 6) is 0. The lowest BCUT2D eigenvalue weighted by Crippen LogP contribution is -1.90. The minimum Gasteiger partial charge on any atom is -0.384 e. The zero-order valence-corrected chi connectivity index (χ0v) is 16.2. The second kappa shape index (κ2) is 15.9. The van der Waals surface area contributed by atoms with Crippen molar-refractivity contribution in [2.45, 2.75) is 6.42 Å². The highest BCUT2D eigenvalue weighted by molar-refractivity contribution is 7.08. The Bertz CT molecular complexity index is 586. The molecule has 0 aliphatic carbocycles. The lowest BCUT2D eigenvalue weighted by atomic mass is 10.2. The second-order valence-electron chi connectivity index (χ2n) is 4.81. The smallest absolute Gasteiger partial charge is 0.106 e. The van der Waals surface area contributed by atoms with Crippen LogP contribution in [0.15, 0.2) is 94.6 Å². The molecule has 5 heteroatoms. The number of H-pyrrole nitrogens is 1. The number of fused-ring (bicyclic) bond motifs is 1. The average Bonchev–Trinajstić information content (AvgIpc) is 3.52. The maximum Gasteiger partial charge on any atom is 0.106 e. The van der Waals surface area contributed by atoms with Crippen molar-refractivity contribution < 1.29 is 4.79 Å². The van der Waals surface area contributed by atoms with Crippen LogP contribution in [0.2, 0.25) is 0 Å². The van der Waals surface area contributed by atoms with Crippen molar-refractivity contribution in [3.8, 4) is 0 Å². The summed E-state index contributed by atoms with van der Waals surface area (Å²) in [5.41, 5.74) is 2.77. The maximum atomic E-state index is 8.00. The summed E-state index contributed by atoms with van der Waals surface area (Å²) in [7, 11) is 0. The van der Waals surface area contributed by atoms with Gasteiger partial charge in [0, 0.05) is 24.6 Å². The molecule has 0 amide bonds. The van der Waals surface area contributed by atoms with Crippen LogP contribution in [0, 0.1) is 0 Å². The van der Waals surface area contributed by atoms with Gasteiger partial charge in [-0.05, 0) is 51.7 Å². The van der Waals surface area contributed by atoms with Crippen LogP contribution in [0.1, 0.15) is 5.56 Å². The van der Waals surface area contributed by atoms with E-state index in [0.29, 0.717) is 0 Å². The van der Waals surface area contributed by atoms with Crippen molar-refractivity contribution >= 4 is 35.2 Å². The van der Waals surface area contributed by atoms with E-state index in [2.05, 4.69) is 34.6 Å². The van der Waals surface area contributed by atoms with E-state index in [0.717, 1.165) is 6.54 Å². The van der Waals surface area contributed by atoms with Crippen LogP contribution in [0.4, 0.5) is 5.69 Å². The molecule has 3 aromatic heterocycles. The van der Waals surface area contributed by atoms with E-state index in [1.165, 1.54) is 17.7 Å². The molecule has 0 bridgehead atoms. The first kappa shape index (κ1) is 21.4. The van der Waals surface area contributed by atoms with Gasteiger partial charge < -0.3 is 15.1 Å². The molecule has 2 N–H and O–H groups in total. The molecule has 4 aromatic rings. The summed E-state index contributed by atoms with van der Waals surface area (Å²) in [4.78, 5) is 10.9. The first-order chi connectivity index (χ1) is 13.0. The molecular formula is C21H24N2OS2. The Balaban J connectivity index is 0.000000175. The van der Waals surface area contributed by atoms with Crippen LogP contribution in [-0.4, -0.2) is 18.3 Å². The summed E-state index contributed by atoms with van der Waals surface area (Å²) in [6.45, 7) is 3.11. The minimum atomic E-state index is 1.11. The predicted octanol–water partition coefficient (Wildman–Crippen LogP) is 5.98. The highest BCUT2D eigenvalue weighted by Crippen LogP contribution is 2.19. The molecule has 0 unspecified atom stereocenters. The monoisotopic (exact) mass is 384 g/mol. The highest BCUT2D eigenvalue weighted by atomic mass is 32.1. The van der Waals surface area contributed by atoms with E-state index in [4.69, 9.17) is 4.79 Å². The molecule has 26 heavy (non-hydrogen) atoms. The van der Waals surface area contributed by atoms with Gasteiger partial charge in [-0.15, -0.1) is 0 Å². The Labute approximate surface area is 163 Å². The van der Waals surface area contributed by atoms with Crippen molar-refractivity contribution in [1.29, 1.82) is 0 Å². The van der Waals surface area contributed by atoms with E-state index in [1.54, 1.807) is 22.7 Å². The van der Waals surface area contributed by atoms with Gasteiger partial charge in [0.25, 0.3) is 0 Å². The molecular weight excluding hydrogens is 360 g/mol. The molecule has 0 saturated heterocycles. The number of anilines is 1. The fraction of sp³-hybridized carbons (Fsp3) is 0.0952. The van der Waals surface area contributed by atoms with Crippen molar-refractivity contribution in [2.75, 3.05) is 11.9 Å². The SMILES string of the molecule is C=O.c1cc[nH]c1.c1ccc2c(c1)CCN2.c1ccsc1.c1ccsc1. The van der Waals surface area contributed by atoms with Gasteiger partial charge in [0.2, 0.25) is 0 Å². The molecule has 0 spiro atoms. The molecule has 136 valence electrons. The van der Waals surface area contributed by atoms with E-state index in [-0.39, 0.29) is 0 Å². The Hall–Kier alpha value is -2.63. The third kappa shape index (κ3) is 10.3. The van der Waals surface area contributed by atoms with E-state index >= 15 is 0 Å². The summed E-state index contributed by atoms with van der Waals surface area (Å²) >= 11 is 3.43. The minimum absolute atomic E-state index is 1.11. The highest BCUT2D eigenvalue weighted by Gasteiger charge is 2.05. The predicted molar refractivity (Wildman–Crippen MR) is 115 cm³/mol. The van der Waals surface area contributed by atoms with Gasteiger partial charge >= 0.3 is 0 Å². The molecule has 4 heterocycles. The normalized spacial score (nSPS) is 9.85. The summed E-state index contributed by atoms with van der Waals surface area (Å²) in [6.07, 6.45) is 4.94. The van der Waals surface area contributed by atoms with E-state index < -0.39 is 0 Å². The van der Waals surface area contributed by atoms with Crippen LogP contribution in [0.25, 0.3) is 0 Å². The van der Waals surface area contributed by atoms with Gasteiger partial charge in [0.1, 0.15) is 6.79 Å². The summed E-state index contributed by atoms with van der Waals surface area (Å²) in [5, 5.41) is 11.5. The van der Waals surface area contributed by atoms with Gasteiger partial charge in [-0.1, -0.05) is 42.5 Å². The van der Waals surface area contributed by atoms with Crippen molar-refractivity contribution in [3.63, 3.8) is 0 Å². The third-order valence-corrected chi connectivity index (χ3v) is 4.33. The quantitative estimate of drug-likeness (QED) is 0.392. The van der Waals surface area contributed by atoms with Gasteiger partial charge in [0.05, 0.1) is 0 Å². The molecule has 0 atom stereocenters. The van der Waals surface area contributed by atoms with Crippen molar-refractivity contribution in [1.82, 2.24) is 4.98 Å². The Kier molecular flexibility index (Phi) is 13.1. The number of thiophene rings is 2. The standard InChI is InChI=1S/C8H9N.C4H5N.2C4H4S.CH2O/c1-2-4-8-7(3-1)5-6-9-8;3*1-2-4-5-3-1;1-2/h1-4,9H,5-6H2;1-5H;2*1-4H;1H2. The number of hydrogen-bond donors (Lipinski definition) is 2. The average molecular weight is 385 g/mol. The molecule has 1 aromatic carbocycles. The van der Waals surface area contributed by atoms with Gasteiger partial charge in [-0.3, -0.25) is 0 Å². The van der Waals surface area contributed by atoms with Crippen LogP contribution in [-0.2, 0) is 11.2 Å². The topological polar surface area (TPSA) is 44.9 Å². The van der Waals surface area contributed by atoms with E-state index in [9.17, 15) is 0 Å². The maximum absolute atomic E-state index is 8.00. The Morgan fingerprint density at radius 1 is 0.731 bits per heavy atom.